The van der Waals surface area contributed by atoms with Crippen LogP contribution in [0.5, 0.6) is 11.5 Å². The molecule has 2 aromatic rings. The van der Waals surface area contributed by atoms with E-state index in [-0.39, 0.29) is 29.6 Å². The van der Waals surface area contributed by atoms with Crippen molar-refractivity contribution >= 4 is 11.9 Å². The molecule has 2 bridgehead atoms. The van der Waals surface area contributed by atoms with E-state index in [9.17, 15) is 22.8 Å². The average Bonchev–Trinajstić information content (AvgIpc) is 3.61. The predicted molar refractivity (Wildman–Crippen MR) is 154 cm³/mol. The van der Waals surface area contributed by atoms with Crippen LogP contribution in [0.2, 0.25) is 0 Å². The molecule has 2 heterocycles. The lowest BCUT2D eigenvalue weighted by molar-refractivity contribution is -0.143. The highest BCUT2D eigenvalue weighted by atomic mass is 19.4. The van der Waals surface area contributed by atoms with Crippen molar-refractivity contribution in [3.63, 3.8) is 0 Å². The van der Waals surface area contributed by atoms with Crippen LogP contribution in [0.3, 0.4) is 0 Å². The van der Waals surface area contributed by atoms with Gasteiger partial charge in [-0.25, -0.2) is 0 Å². The lowest BCUT2D eigenvalue weighted by atomic mass is 9.51. The second kappa shape index (κ2) is 10.4. The molecule has 0 N–H and O–H groups in total. The third-order valence-corrected chi connectivity index (χ3v) is 10.6. The van der Waals surface area contributed by atoms with Crippen molar-refractivity contribution in [3.8, 4) is 23.3 Å². The predicted octanol–water partition coefficient (Wildman–Crippen LogP) is 4.58. The van der Waals surface area contributed by atoms with Gasteiger partial charge in [-0.05, 0) is 80.5 Å². The number of alkyl halides is 3. The number of hydrogen-bond acceptors (Lipinski definition) is 6. The highest BCUT2D eigenvalue weighted by molar-refractivity contribution is 5.94. The van der Waals surface area contributed by atoms with E-state index >= 15 is 0 Å². The number of carbonyl (C=O) groups is 2. The van der Waals surface area contributed by atoms with Crippen molar-refractivity contribution in [3.05, 3.63) is 58.7 Å². The minimum Gasteiger partial charge on any atom is -0.493 e. The van der Waals surface area contributed by atoms with Crippen LogP contribution in [-0.4, -0.2) is 73.2 Å². The molecule has 3 fully saturated rings. The number of halogens is 3. The van der Waals surface area contributed by atoms with Crippen LogP contribution in [-0.2, 0) is 32.3 Å². The van der Waals surface area contributed by atoms with E-state index in [1.165, 1.54) is 30.2 Å². The maximum absolute atomic E-state index is 13.4. The van der Waals surface area contributed by atoms with Crippen LogP contribution in [0, 0.1) is 23.7 Å². The molecule has 2 aliphatic heterocycles. The molecular formula is C34H35F3N2O5. The zero-order valence-corrected chi connectivity index (χ0v) is 24.9. The van der Waals surface area contributed by atoms with Gasteiger partial charge in [0, 0.05) is 54.9 Å². The molecule has 1 spiro atoms. The number of likely N-dealkylation sites (tertiary alicyclic amines) is 1. The van der Waals surface area contributed by atoms with Crippen molar-refractivity contribution < 1.29 is 37.0 Å². The summed E-state index contributed by atoms with van der Waals surface area (Å²) in [5.41, 5.74) is 1.81. The van der Waals surface area contributed by atoms with Gasteiger partial charge >= 0.3 is 12.1 Å². The molecule has 2 aromatic carbocycles. The molecule has 44 heavy (non-hydrogen) atoms. The van der Waals surface area contributed by atoms with Crippen LogP contribution in [0.1, 0.15) is 54.9 Å². The first-order valence-corrected chi connectivity index (χ1v) is 15.3. The second-order valence-corrected chi connectivity index (χ2v) is 12.9. The summed E-state index contributed by atoms with van der Waals surface area (Å²) < 4.78 is 56.9. The zero-order chi connectivity index (χ0) is 31.0. The summed E-state index contributed by atoms with van der Waals surface area (Å²) in [7, 11) is 3.39. The molecule has 7 nitrogen and oxygen atoms in total. The van der Waals surface area contributed by atoms with Crippen molar-refractivity contribution in [1.82, 2.24) is 9.80 Å². The monoisotopic (exact) mass is 608 g/mol. The molecule has 0 aromatic heterocycles. The molecule has 1 saturated heterocycles. The van der Waals surface area contributed by atoms with E-state index in [0.717, 1.165) is 63.1 Å². The maximum atomic E-state index is 13.4. The molecule has 7 rings (SSSR count). The largest absolute Gasteiger partial charge is 0.493 e. The van der Waals surface area contributed by atoms with Gasteiger partial charge in [0.15, 0.2) is 11.5 Å². The fourth-order valence-electron chi connectivity index (χ4n) is 8.55. The highest BCUT2D eigenvalue weighted by Gasteiger charge is 2.66. The minimum atomic E-state index is -4.43. The Hall–Kier alpha value is -3.71. The lowest BCUT2D eigenvalue weighted by Crippen LogP contribution is -2.69. The molecule has 10 heteroatoms. The number of piperidine rings is 1. The third-order valence-electron chi connectivity index (χ3n) is 10.6. The van der Waals surface area contributed by atoms with Gasteiger partial charge in [0.05, 0.1) is 18.7 Å². The Bertz CT molecular complexity index is 1560. The van der Waals surface area contributed by atoms with E-state index in [1.807, 2.05) is 6.07 Å². The Morgan fingerprint density at radius 3 is 2.64 bits per heavy atom. The summed E-state index contributed by atoms with van der Waals surface area (Å²) in [6.07, 6.45) is -0.319. The van der Waals surface area contributed by atoms with Gasteiger partial charge < -0.3 is 19.1 Å². The van der Waals surface area contributed by atoms with Gasteiger partial charge in [-0.1, -0.05) is 12.0 Å². The van der Waals surface area contributed by atoms with Gasteiger partial charge in [0.1, 0.15) is 12.2 Å². The zero-order valence-electron chi connectivity index (χ0n) is 24.9. The van der Waals surface area contributed by atoms with Crippen LogP contribution < -0.4 is 9.47 Å². The number of benzene rings is 2. The molecule has 2 unspecified atom stereocenters. The smallest absolute Gasteiger partial charge is 0.416 e. The molecule has 0 radical (unpaired) electrons. The van der Waals surface area contributed by atoms with Gasteiger partial charge in [0.25, 0.3) is 5.91 Å². The standard InChI is InChI=1S/C34H35F3N2O5/c1-19(40)43-28-17-22(28)18-39-15-14-33-24-10-11-25(32(33)44-31-27(42-3)12-7-21(30(31)33)16-26(24)39)38(2)29(41)13-6-20-4-8-23(9-5-20)34(35,36)37/h4-5,7-9,12,22,24-26,28,32H,10-11,14-18H2,1-3H3/t22?,24-,25-,26+,28?,32-,33-/m0/s1. The van der Waals surface area contributed by atoms with Crippen molar-refractivity contribution in [2.24, 2.45) is 11.8 Å². The normalized spacial score (nSPS) is 31.1. The summed E-state index contributed by atoms with van der Waals surface area (Å²) in [5, 5.41) is 0. The molecule has 5 aliphatic rings. The van der Waals surface area contributed by atoms with E-state index in [2.05, 4.69) is 22.8 Å². The van der Waals surface area contributed by atoms with Gasteiger partial charge in [-0.3, -0.25) is 14.5 Å². The third kappa shape index (κ3) is 4.63. The van der Waals surface area contributed by atoms with Crippen LogP contribution in [0.4, 0.5) is 13.2 Å². The summed E-state index contributed by atoms with van der Waals surface area (Å²) in [5.74, 6) is 6.96. The van der Waals surface area contributed by atoms with Gasteiger partial charge in [-0.2, -0.15) is 13.2 Å². The Kier molecular flexibility index (Phi) is 6.89. The molecule has 1 amide bonds. The van der Waals surface area contributed by atoms with Crippen LogP contribution in [0.15, 0.2) is 36.4 Å². The minimum absolute atomic E-state index is 0.0109. The Morgan fingerprint density at radius 1 is 1.16 bits per heavy atom. The second-order valence-electron chi connectivity index (χ2n) is 12.9. The summed E-state index contributed by atoms with van der Waals surface area (Å²) >= 11 is 0. The molecule has 2 saturated carbocycles. The number of likely N-dealkylation sites (N-methyl/N-ethyl adjacent to an activating group) is 1. The number of nitrogens with zero attached hydrogens (tertiary/aromatic N) is 2. The SMILES string of the molecule is COc1ccc2c3c1O[C@H]1[C@@H](N(C)C(=O)C#Cc4ccc(C(F)(F)F)cc4)CC[C@H]4[C@@H](C2)N(CC2CC2OC(C)=O)CC[C@@]341. The summed E-state index contributed by atoms with van der Waals surface area (Å²) in [4.78, 5) is 29.1. The number of hydrogen-bond donors (Lipinski definition) is 0. The van der Waals surface area contributed by atoms with Crippen LogP contribution >= 0.6 is 0 Å². The summed E-state index contributed by atoms with van der Waals surface area (Å²) in [6, 6.07) is 8.73. The number of amides is 1. The fraction of sp³-hybridized carbons (Fsp3) is 0.529. The average molecular weight is 609 g/mol. The lowest BCUT2D eigenvalue weighted by Gasteiger charge is -2.60. The number of carbonyl (C=O) groups excluding carboxylic acids is 2. The van der Waals surface area contributed by atoms with Crippen molar-refractivity contribution in [2.75, 3.05) is 27.2 Å². The Balaban J connectivity index is 1.16. The topological polar surface area (TPSA) is 68.3 Å². The molecule has 232 valence electrons. The van der Waals surface area contributed by atoms with E-state index in [0.29, 0.717) is 29.2 Å². The molecular weight excluding hydrogens is 573 g/mol. The molecule has 7 atom stereocenters. The Morgan fingerprint density at radius 2 is 1.93 bits per heavy atom. The van der Waals surface area contributed by atoms with E-state index in [4.69, 9.17) is 14.2 Å². The first-order chi connectivity index (χ1) is 21.0. The van der Waals surface area contributed by atoms with Crippen molar-refractivity contribution in [2.45, 2.75) is 74.9 Å². The molecule has 3 aliphatic carbocycles. The number of esters is 1. The van der Waals surface area contributed by atoms with E-state index in [1.54, 1.807) is 19.1 Å². The quantitative estimate of drug-likeness (QED) is 0.366. The number of ether oxygens (including phenoxy) is 3. The first-order valence-electron chi connectivity index (χ1n) is 15.3. The summed E-state index contributed by atoms with van der Waals surface area (Å²) in [6.45, 7) is 3.25. The van der Waals surface area contributed by atoms with Gasteiger partial charge in [-0.15, -0.1) is 0 Å². The first kappa shape index (κ1) is 29.0. The van der Waals surface area contributed by atoms with Crippen LogP contribution in [0.25, 0.3) is 0 Å². The fourth-order valence-corrected chi connectivity index (χ4v) is 8.55. The van der Waals surface area contributed by atoms with Gasteiger partial charge in [0.2, 0.25) is 0 Å². The Labute approximate surface area is 254 Å². The maximum Gasteiger partial charge on any atom is 0.416 e. The number of methoxy groups -OCH3 is 1. The number of rotatable bonds is 5. The van der Waals surface area contributed by atoms with E-state index < -0.39 is 17.6 Å². The van der Waals surface area contributed by atoms with Crippen molar-refractivity contribution in [1.29, 1.82) is 0 Å². The highest BCUT2D eigenvalue weighted by Crippen LogP contribution is 2.64.